The van der Waals surface area contributed by atoms with Crippen molar-refractivity contribution in [1.29, 1.82) is 0 Å². The van der Waals surface area contributed by atoms with Crippen LogP contribution >= 0.6 is 0 Å². The summed E-state index contributed by atoms with van der Waals surface area (Å²) in [4.78, 5) is 21.8. The van der Waals surface area contributed by atoms with E-state index >= 15 is 0 Å². The lowest BCUT2D eigenvalue weighted by Gasteiger charge is -2.02. The molecule has 19 heavy (non-hydrogen) atoms. The Morgan fingerprint density at radius 1 is 1.32 bits per heavy atom. The van der Waals surface area contributed by atoms with Crippen molar-refractivity contribution in [3.8, 4) is 0 Å². The van der Waals surface area contributed by atoms with Gasteiger partial charge in [0, 0.05) is 23.9 Å². The Hall–Kier alpha value is -2.30. The van der Waals surface area contributed by atoms with Gasteiger partial charge in [-0.1, -0.05) is 6.92 Å². The van der Waals surface area contributed by atoms with E-state index in [1.165, 1.54) is 0 Å². The van der Waals surface area contributed by atoms with Crippen LogP contribution in [0, 0.1) is 0 Å². The molecule has 0 saturated carbocycles. The molecule has 0 atom stereocenters. The van der Waals surface area contributed by atoms with Crippen LogP contribution in [-0.2, 0) is 16.0 Å². The standard InChI is InChI=1S/C14H15NO4/c1-2-13(16)15-10-3-5-12-9(7-10)8-11(19-12)4-6-14(17)18/h3,5,7-8H,2,4,6H2,1H3,(H,15,16)(H,17,18). The number of benzene rings is 1. The summed E-state index contributed by atoms with van der Waals surface area (Å²) in [6.45, 7) is 1.79. The van der Waals surface area contributed by atoms with E-state index in [1.54, 1.807) is 25.1 Å². The maximum atomic E-state index is 11.3. The topological polar surface area (TPSA) is 79.5 Å². The summed E-state index contributed by atoms with van der Waals surface area (Å²) in [6, 6.07) is 7.15. The van der Waals surface area contributed by atoms with Crippen LogP contribution in [-0.4, -0.2) is 17.0 Å². The van der Waals surface area contributed by atoms with Gasteiger partial charge in [-0.2, -0.15) is 0 Å². The monoisotopic (exact) mass is 261 g/mol. The molecule has 1 amide bonds. The van der Waals surface area contributed by atoms with E-state index in [-0.39, 0.29) is 12.3 Å². The van der Waals surface area contributed by atoms with Gasteiger partial charge in [-0.3, -0.25) is 9.59 Å². The van der Waals surface area contributed by atoms with Crippen LogP contribution in [0.2, 0.25) is 0 Å². The molecule has 5 nitrogen and oxygen atoms in total. The number of fused-ring (bicyclic) bond motifs is 1. The number of rotatable bonds is 5. The molecule has 2 rings (SSSR count). The molecule has 1 aromatic carbocycles. The third-order valence-electron chi connectivity index (χ3n) is 2.76. The van der Waals surface area contributed by atoms with Crippen LogP contribution in [0.1, 0.15) is 25.5 Å². The third kappa shape index (κ3) is 3.34. The molecular formula is C14H15NO4. The van der Waals surface area contributed by atoms with Crippen molar-refractivity contribution in [3.63, 3.8) is 0 Å². The molecule has 0 aliphatic carbocycles. The predicted octanol–water partition coefficient (Wildman–Crippen LogP) is 2.80. The molecule has 0 radical (unpaired) electrons. The molecule has 0 spiro atoms. The lowest BCUT2D eigenvalue weighted by atomic mass is 10.2. The Morgan fingerprint density at radius 3 is 2.79 bits per heavy atom. The van der Waals surface area contributed by atoms with E-state index < -0.39 is 5.97 Å². The van der Waals surface area contributed by atoms with Gasteiger partial charge in [-0.25, -0.2) is 0 Å². The summed E-state index contributed by atoms with van der Waals surface area (Å²) in [5.41, 5.74) is 1.40. The second kappa shape index (κ2) is 5.56. The number of carbonyl (C=O) groups is 2. The third-order valence-corrected chi connectivity index (χ3v) is 2.76. The molecule has 1 aromatic heterocycles. The molecule has 0 aliphatic rings. The van der Waals surface area contributed by atoms with Gasteiger partial charge < -0.3 is 14.8 Å². The van der Waals surface area contributed by atoms with Crippen molar-refractivity contribution in [1.82, 2.24) is 0 Å². The van der Waals surface area contributed by atoms with Crippen molar-refractivity contribution in [2.45, 2.75) is 26.2 Å². The number of carboxylic acid groups (broad SMARTS) is 1. The van der Waals surface area contributed by atoms with Gasteiger partial charge in [0.25, 0.3) is 0 Å². The smallest absolute Gasteiger partial charge is 0.303 e. The molecule has 100 valence electrons. The lowest BCUT2D eigenvalue weighted by Crippen LogP contribution is -2.08. The molecule has 0 saturated heterocycles. The molecule has 2 N–H and O–H groups in total. The average Bonchev–Trinajstić information content (AvgIpc) is 2.78. The van der Waals surface area contributed by atoms with Crippen LogP contribution in [0.15, 0.2) is 28.7 Å². The quantitative estimate of drug-likeness (QED) is 0.867. The van der Waals surface area contributed by atoms with E-state index in [0.717, 1.165) is 5.39 Å². The molecule has 1 heterocycles. The Kier molecular flexibility index (Phi) is 3.85. The number of amides is 1. The number of furan rings is 1. The number of hydrogen-bond donors (Lipinski definition) is 2. The normalized spacial score (nSPS) is 10.6. The van der Waals surface area contributed by atoms with Crippen molar-refractivity contribution in [2.75, 3.05) is 5.32 Å². The Labute approximate surface area is 110 Å². The summed E-state index contributed by atoms with van der Waals surface area (Å²) in [7, 11) is 0. The fourth-order valence-corrected chi connectivity index (χ4v) is 1.78. The first-order chi connectivity index (χ1) is 9.08. The SMILES string of the molecule is CCC(=O)Nc1ccc2oc(CCC(=O)O)cc2c1. The van der Waals surface area contributed by atoms with E-state index in [9.17, 15) is 9.59 Å². The van der Waals surface area contributed by atoms with Crippen molar-refractivity contribution >= 4 is 28.5 Å². The van der Waals surface area contributed by atoms with Gasteiger partial charge in [-0.15, -0.1) is 0 Å². The first-order valence-electron chi connectivity index (χ1n) is 6.12. The van der Waals surface area contributed by atoms with Gasteiger partial charge >= 0.3 is 5.97 Å². The number of carbonyl (C=O) groups excluding carboxylic acids is 1. The zero-order valence-corrected chi connectivity index (χ0v) is 10.6. The van der Waals surface area contributed by atoms with Gasteiger partial charge in [0.2, 0.25) is 5.91 Å². The fraction of sp³-hybridized carbons (Fsp3) is 0.286. The van der Waals surface area contributed by atoms with Gasteiger partial charge in [0.1, 0.15) is 11.3 Å². The maximum Gasteiger partial charge on any atom is 0.303 e. The summed E-state index contributed by atoms with van der Waals surface area (Å²) in [6.07, 6.45) is 0.827. The molecule has 5 heteroatoms. The summed E-state index contributed by atoms with van der Waals surface area (Å²) in [5.74, 6) is -0.262. The van der Waals surface area contributed by atoms with Crippen molar-refractivity contribution < 1.29 is 19.1 Å². The zero-order valence-electron chi connectivity index (χ0n) is 10.6. The molecule has 2 aromatic rings. The Balaban J connectivity index is 2.18. The van der Waals surface area contributed by atoms with Crippen LogP contribution < -0.4 is 5.32 Å². The minimum Gasteiger partial charge on any atom is -0.481 e. The highest BCUT2D eigenvalue weighted by molar-refractivity contribution is 5.93. The molecular weight excluding hydrogens is 246 g/mol. The zero-order chi connectivity index (χ0) is 13.8. The molecule has 0 aliphatic heterocycles. The number of hydrogen-bond acceptors (Lipinski definition) is 3. The Bertz CT molecular complexity index is 615. The lowest BCUT2D eigenvalue weighted by molar-refractivity contribution is -0.137. The second-order valence-electron chi connectivity index (χ2n) is 4.26. The maximum absolute atomic E-state index is 11.3. The van der Waals surface area contributed by atoms with Crippen LogP contribution in [0.25, 0.3) is 11.0 Å². The highest BCUT2D eigenvalue weighted by Crippen LogP contribution is 2.24. The summed E-state index contributed by atoms with van der Waals surface area (Å²) in [5, 5.41) is 12.3. The largest absolute Gasteiger partial charge is 0.481 e. The molecule has 0 bridgehead atoms. The first-order valence-corrected chi connectivity index (χ1v) is 6.12. The van der Waals surface area contributed by atoms with E-state index in [1.807, 2.05) is 6.07 Å². The Morgan fingerprint density at radius 2 is 2.11 bits per heavy atom. The van der Waals surface area contributed by atoms with Crippen LogP contribution in [0.3, 0.4) is 0 Å². The first kappa shape index (κ1) is 13.1. The van der Waals surface area contributed by atoms with E-state index in [4.69, 9.17) is 9.52 Å². The minimum atomic E-state index is -0.851. The molecule has 0 fully saturated rings. The number of nitrogens with one attached hydrogen (secondary N) is 1. The number of carboxylic acids is 1. The van der Waals surface area contributed by atoms with Gasteiger partial charge in [0.15, 0.2) is 0 Å². The number of aryl methyl sites for hydroxylation is 1. The van der Waals surface area contributed by atoms with E-state index in [0.29, 0.717) is 29.9 Å². The minimum absolute atomic E-state index is 0.0409. The van der Waals surface area contributed by atoms with Crippen molar-refractivity contribution in [3.05, 3.63) is 30.0 Å². The molecule has 0 unspecified atom stereocenters. The van der Waals surface area contributed by atoms with Crippen LogP contribution in [0.4, 0.5) is 5.69 Å². The van der Waals surface area contributed by atoms with Gasteiger partial charge in [0.05, 0.1) is 6.42 Å². The summed E-state index contributed by atoms with van der Waals surface area (Å²) >= 11 is 0. The summed E-state index contributed by atoms with van der Waals surface area (Å²) < 4.78 is 5.53. The van der Waals surface area contributed by atoms with Gasteiger partial charge in [-0.05, 0) is 24.3 Å². The van der Waals surface area contributed by atoms with E-state index in [2.05, 4.69) is 5.32 Å². The van der Waals surface area contributed by atoms with Crippen LogP contribution in [0.5, 0.6) is 0 Å². The number of anilines is 1. The predicted molar refractivity (Wildman–Crippen MR) is 71.1 cm³/mol. The highest BCUT2D eigenvalue weighted by Gasteiger charge is 2.07. The average molecular weight is 261 g/mol. The second-order valence-corrected chi connectivity index (χ2v) is 4.26. The highest BCUT2D eigenvalue weighted by atomic mass is 16.4. The number of aliphatic carboxylic acids is 1. The van der Waals surface area contributed by atoms with Crippen molar-refractivity contribution in [2.24, 2.45) is 0 Å². The fourth-order valence-electron chi connectivity index (χ4n) is 1.78.